The number of ether oxygens (including phenoxy) is 1. The molecule has 0 aliphatic carbocycles. The van der Waals surface area contributed by atoms with Crippen LogP contribution in [0.1, 0.15) is 17.3 Å². The van der Waals surface area contributed by atoms with Gasteiger partial charge in [-0.05, 0) is 13.0 Å². The maximum atomic E-state index is 13.0. The fraction of sp³-hybridized carbons (Fsp3) is 0.222. The van der Waals surface area contributed by atoms with Crippen LogP contribution in [0.3, 0.4) is 0 Å². The van der Waals surface area contributed by atoms with Gasteiger partial charge in [0.25, 0.3) is 0 Å². The molecule has 0 aliphatic heterocycles. The Bertz CT molecular complexity index is 407. The first-order valence-corrected chi connectivity index (χ1v) is 4.40. The van der Waals surface area contributed by atoms with Gasteiger partial charge in [-0.3, -0.25) is 0 Å². The van der Waals surface area contributed by atoms with E-state index < -0.39 is 28.2 Å². The molecular weight excluding hydrogens is 230 g/mol. The van der Waals surface area contributed by atoms with Gasteiger partial charge in [-0.15, -0.1) is 0 Å². The lowest BCUT2D eigenvalue weighted by molar-refractivity contribution is 0.0691. The zero-order valence-electron chi connectivity index (χ0n) is 7.68. The Labute approximate surface area is 89.2 Å². The van der Waals surface area contributed by atoms with Crippen molar-refractivity contribution in [3.8, 4) is 5.75 Å². The quantitative estimate of drug-likeness (QED) is 0.821. The second-order valence-corrected chi connectivity index (χ2v) is 2.98. The van der Waals surface area contributed by atoms with Gasteiger partial charge in [0, 0.05) is 0 Å². The van der Waals surface area contributed by atoms with E-state index in [1.165, 1.54) is 0 Å². The van der Waals surface area contributed by atoms with Crippen molar-refractivity contribution >= 4 is 17.6 Å². The molecule has 1 rings (SSSR count). The highest BCUT2D eigenvalue weighted by atomic mass is 35.5. The zero-order chi connectivity index (χ0) is 11.6. The summed E-state index contributed by atoms with van der Waals surface area (Å²) in [6, 6.07) is 0.536. The molecule has 0 saturated heterocycles. The van der Waals surface area contributed by atoms with Gasteiger partial charge in [-0.2, -0.15) is 0 Å². The number of hydrogen-bond donors (Lipinski definition) is 1. The van der Waals surface area contributed by atoms with E-state index in [0.29, 0.717) is 6.07 Å². The SMILES string of the molecule is CCOc1c(C(=O)O)cc(F)c(F)c1Cl. The third-order valence-corrected chi connectivity index (χ3v) is 1.97. The maximum Gasteiger partial charge on any atom is 0.339 e. The van der Waals surface area contributed by atoms with Gasteiger partial charge >= 0.3 is 5.97 Å². The summed E-state index contributed by atoms with van der Waals surface area (Å²) in [5.41, 5.74) is -0.499. The molecule has 0 heterocycles. The van der Waals surface area contributed by atoms with Crippen LogP contribution in [0, 0.1) is 11.6 Å². The minimum absolute atomic E-state index is 0.102. The molecule has 82 valence electrons. The molecule has 0 unspecified atom stereocenters. The molecule has 3 nitrogen and oxygen atoms in total. The molecule has 0 fully saturated rings. The molecule has 15 heavy (non-hydrogen) atoms. The van der Waals surface area contributed by atoms with Gasteiger partial charge in [0.05, 0.1) is 6.61 Å². The molecule has 1 aromatic carbocycles. The van der Waals surface area contributed by atoms with Crippen molar-refractivity contribution in [2.24, 2.45) is 0 Å². The molecule has 0 amide bonds. The smallest absolute Gasteiger partial charge is 0.339 e. The van der Waals surface area contributed by atoms with Crippen LogP contribution in [-0.4, -0.2) is 17.7 Å². The molecule has 1 aromatic rings. The number of halogens is 3. The van der Waals surface area contributed by atoms with E-state index in [-0.39, 0.29) is 12.4 Å². The molecule has 6 heteroatoms. The minimum atomic E-state index is -1.43. The van der Waals surface area contributed by atoms with Gasteiger partial charge in [-0.1, -0.05) is 11.6 Å². The first kappa shape index (κ1) is 11.7. The van der Waals surface area contributed by atoms with E-state index in [0.717, 1.165) is 0 Å². The number of carbonyl (C=O) groups is 1. The fourth-order valence-electron chi connectivity index (χ4n) is 1.02. The van der Waals surface area contributed by atoms with Gasteiger partial charge in [0.2, 0.25) is 0 Å². The molecular formula is C9H7ClF2O3. The van der Waals surface area contributed by atoms with Gasteiger partial charge in [0.1, 0.15) is 10.6 Å². The number of hydrogen-bond acceptors (Lipinski definition) is 2. The predicted molar refractivity (Wildman–Crippen MR) is 49.5 cm³/mol. The number of benzene rings is 1. The summed E-state index contributed by atoms with van der Waals surface area (Å²) in [7, 11) is 0. The van der Waals surface area contributed by atoms with E-state index in [1.807, 2.05) is 0 Å². The van der Waals surface area contributed by atoms with Crippen LogP contribution in [0.4, 0.5) is 8.78 Å². The van der Waals surface area contributed by atoms with E-state index in [9.17, 15) is 13.6 Å². The van der Waals surface area contributed by atoms with Crippen LogP contribution in [0.2, 0.25) is 5.02 Å². The fourth-order valence-corrected chi connectivity index (χ4v) is 1.27. The van der Waals surface area contributed by atoms with Crippen LogP contribution in [0.25, 0.3) is 0 Å². The highest BCUT2D eigenvalue weighted by molar-refractivity contribution is 6.32. The van der Waals surface area contributed by atoms with Crippen molar-refractivity contribution in [3.63, 3.8) is 0 Å². The normalized spacial score (nSPS) is 10.1. The Balaban J connectivity index is 3.43. The molecule has 0 aliphatic rings. The third kappa shape index (κ3) is 2.18. The number of carboxylic acids is 1. The van der Waals surface area contributed by atoms with Crippen LogP contribution < -0.4 is 4.74 Å². The summed E-state index contributed by atoms with van der Waals surface area (Å²) < 4.78 is 30.7. The highest BCUT2D eigenvalue weighted by Crippen LogP contribution is 2.33. The summed E-state index contributed by atoms with van der Waals surface area (Å²) in [4.78, 5) is 10.7. The number of carboxylic acid groups (broad SMARTS) is 1. The lowest BCUT2D eigenvalue weighted by Crippen LogP contribution is -2.06. The molecule has 0 radical (unpaired) electrons. The standard InChI is InChI=1S/C9H7ClF2O3/c1-2-15-8-4(9(13)14)3-5(11)7(12)6(8)10/h3H,2H2,1H3,(H,13,14). The maximum absolute atomic E-state index is 13.0. The van der Waals surface area contributed by atoms with Crippen molar-refractivity contribution in [1.29, 1.82) is 0 Å². The number of rotatable bonds is 3. The molecule has 0 bridgehead atoms. The zero-order valence-corrected chi connectivity index (χ0v) is 8.44. The molecule has 0 saturated carbocycles. The summed E-state index contributed by atoms with van der Waals surface area (Å²) in [6.45, 7) is 1.67. The van der Waals surface area contributed by atoms with Gasteiger partial charge in [-0.25, -0.2) is 13.6 Å². The summed E-state index contributed by atoms with van der Waals surface area (Å²) >= 11 is 5.42. The van der Waals surface area contributed by atoms with Crippen molar-refractivity contribution in [2.45, 2.75) is 6.92 Å². The Morgan fingerprint density at radius 1 is 1.60 bits per heavy atom. The van der Waals surface area contributed by atoms with Crippen LogP contribution in [0.5, 0.6) is 5.75 Å². The van der Waals surface area contributed by atoms with Crippen molar-refractivity contribution in [1.82, 2.24) is 0 Å². The third-order valence-electron chi connectivity index (χ3n) is 1.64. The van der Waals surface area contributed by atoms with E-state index in [4.69, 9.17) is 21.4 Å². The predicted octanol–water partition coefficient (Wildman–Crippen LogP) is 2.72. The first-order chi connectivity index (χ1) is 6.99. The molecule has 0 atom stereocenters. The summed E-state index contributed by atoms with van der Waals surface area (Å²) in [5, 5.41) is 8.05. The Morgan fingerprint density at radius 3 is 2.67 bits per heavy atom. The van der Waals surface area contributed by atoms with Crippen LogP contribution in [0.15, 0.2) is 6.07 Å². The van der Waals surface area contributed by atoms with E-state index in [2.05, 4.69) is 0 Å². The van der Waals surface area contributed by atoms with Gasteiger partial charge in [0.15, 0.2) is 17.4 Å². The average Bonchev–Trinajstić information content (AvgIpc) is 2.18. The van der Waals surface area contributed by atoms with Gasteiger partial charge < -0.3 is 9.84 Å². The van der Waals surface area contributed by atoms with E-state index in [1.54, 1.807) is 6.92 Å². The summed E-state index contributed by atoms with van der Waals surface area (Å²) in [5.74, 6) is -4.42. The summed E-state index contributed by atoms with van der Waals surface area (Å²) in [6.07, 6.45) is 0. The average molecular weight is 237 g/mol. The van der Waals surface area contributed by atoms with Crippen molar-refractivity contribution < 1.29 is 23.4 Å². The molecule has 1 N–H and O–H groups in total. The lowest BCUT2D eigenvalue weighted by Gasteiger charge is -2.10. The topological polar surface area (TPSA) is 46.5 Å². The number of aromatic carboxylic acids is 1. The van der Waals surface area contributed by atoms with Crippen LogP contribution >= 0.6 is 11.6 Å². The van der Waals surface area contributed by atoms with Crippen molar-refractivity contribution in [2.75, 3.05) is 6.61 Å². The van der Waals surface area contributed by atoms with E-state index >= 15 is 0 Å². The second kappa shape index (κ2) is 4.44. The first-order valence-electron chi connectivity index (χ1n) is 4.02. The minimum Gasteiger partial charge on any atom is -0.491 e. The Kier molecular flexibility index (Phi) is 3.47. The van der Waals surface area contributed by atoms with Crippen LogP contribution in [-0.2, 0) is 0 Å². The second-order valence-electron chi connectivity index (χ2n) is 2.60. The monoisotopic (exact) mass is 236 g/mol. The molecule has 0 spiro atoms. The molecule has 0 aromatic heterocycles. The largest absolute Gasteiger partial charge is 0.491 e. The Morgan fingerprint density at radius 2 is 2.20 bits per heavy atom. The lowest BCUT2D eigenvalue weighted by atomic mass is 10.2. The highest BCUT2D eigenvalue weighted by Gasteiger charge is 2.22. The van der Waals surface area contributed by atoms with Crippen molar-refractivity contribution in [3.05, 3.63) is 28.3 Å². The Hall–Kier alpha value is -1.36.